The van der Waals surface area contributed by atoms with Gasteiger partial charge in [0.05, 0.1) is 15.7 Å². The first-order valence-electron chi connectivity index (χ1n) is 6.78. The molecule has 7 heteroatoms. The molecule has 2 aromatic heterocycles. The summed E-state index contributed by atoms with van der Waals surface area (Å²) in [5.41, 5.74) is 3.45. The first kappa shape index (κ1) is 16.3. The smallest absolute Gasteiger partial charge is 0.274 e. The van der Waals surface area contributed by atoms with E-state index in [4.69, 9.17) is 23.2 Å². The molecule has 1 amide bonds. The fourth-order valence-electron chi connectivity index (χ4n) is 2.42. The topological polar surface area (TPSA) is 46.4 Å². The van der Waals surface area contributed by atoms with Crippen LogP contribution < -0.4 is 5.32 Å². The lowest BCUT2D eigenvalue weighted by Gasteiger charge is -2.08. The Balaban J connectivity index is 2.04. The van der Waals surface area contributed by atoms with Crippen molar-refractivity contribution in [3.63, 3.8) is 0 Å². The largest absolute Gasteiger partial charge is 0.321 e. The molecular formula is C16H12BrCl2N3O. The number of nitrogens with one attached hydrogen (secondary N) is 1. The number of carbonyl (C=O) groups is 1. The number of carbonyl (C=O) groups excluding carboxylic acids is 1. The SMILES string of the molecule is Cc1nc2c(C)cc(Br)cn2c1C(=O)Nc1ccc(Cl)c(Cl)c1. The van der Waals surface area contributed by atoms with Crippen LogP contribution in [0, 0.1) is 13.8 Å². The van der Waals surface area contributed by atoms with Gasteiger partial charge in [-0.05, 0) is 59.6 Å². The van der Waals surface area contributed by atoms with Crippen molar-refractivity contribution in [2.45, 2.75) is 13.8 Å². The Morgan fingerprint density at radius 1 is 1.22 bits per heavy atom. The minimum atomic E-state index is -0.258. The van der Waals surface area contributed by atoms with Gasteiger partial charge in [0.1, 0.15) is 11.3 Å². The van der Waals surface area contributed by atoms with Crippen LogP contribution in [-0.2, 0) is 0 Å². The lowest BCUT2D eigenvalue weighted by atomic mass is 10.2. The summed E-state index contributed by atoms with van der Waals surface area (Å²) >= 11 is 15.3. The second-order valence-corrected chi connectivity index (χ2v) is 6.89. The molecule has 0 saturated carbocycles. The normalized spacial score (nSPS) is 11.0. The second-order valence-electron chi connectivity index (χ2n) is 5.16. The number of pyridine rings is 1. The van der Waals surface area contributed by atoms with E-state index in [1.165, 1.54) is 0 Å². The zero-order valence-corrected chi connectivity index (χ0v) is 15.4. The number of hydrogen-bond donors (Lipinski definition) is 1. The Labute approximate surface area is 151 Å². The van der Waals surface area contributed by atoms with E-state index >= 15 is 0 Å². The van der Waals surface area contributed by atoms with E-state index in [0.717, 1.165) is 15.7 Å². The van der Waals surface area contributed by atoms with Gasteiger partial charge in [-0.1, -0.05) is 23.2 Å². The number of anilines is 1. The van der Waals surface area contributed by atoms with Crippen molar-refractivity contribution in [3.05, 3.63) is 61.9 Å². The van der Waals surface area contributed by atoms with Crippen LogP contribution in [0.4, 0.5) is 5.69 Å². The quantitative estimate of drug-likeness (QED) is 0.622. The first-order chi connectivity index (χ1) is 10.9. The van der Waals surface area contributed by atoms with Crippen LogP contribution in [0.15, 0.2) is 34.9 Å². The van der Waals surface area contributed by atoms with Gasteiger partial charge in [0.25, 0.3) is 5.91 Å². The molecule has 0 spiro atoms. The maximum Gasteiger partial charge on any atom is 0.274 e. The van der Waals surface area contributed by atoms with E-state index in [0.29, 0.717) is 27.1 Å². The van der Waals surface area contributed by atoms with Gasteiger partial charge in [-0.2, -0.15) is 0 Å². The van der Waals surface area contributed by atoms with E-state index in [1.54, 1.807) is 22.6 Å². The van der Waals surface area contributed by atoms with Crippen LogP contribution in [0.3, 0.4) is 0 Å². The summed E-state index contributed by atoms with van der Waals surface area (Å²) in [6, 6.07) is 6.91. The van der Waals surface area contributed by atoms with E-state index in [2.05, 4.69) is 26.2 Å². The lowest BCUT2D eigenvalue weighted by Crippen LogP contribution is -2.15. The molecule has 4 nitrogen and oxygen atoms in total. The Morgan fingerprint density at radius 2 is 1.96 bits per heavy atom. The first-order valence-corrected chi connectivity index (χ1v) is 8.33. The number of benzene rings is 1. The minimum Gasteiger partial charge on any atom is -0.321 e. The summed E-state index contributed by atoms with van der Waals surface area (Å²) in [6.07, 6.45) is 1.83. The molecule has 3 aromatic rings. The molecule has 1 N–H and O–H groups in total. The standard InChI is InChI=1S/C16H12BrCl2N3O/c1-8-5-10(17)7-22-14(9(2)20-15(8)22)16(23)21-11-3-4-12(18)13(19)6-11/h3-7H,1-2H3,(H,21,23). The van der Waals surface area contributed by atoms with E-state index in [1.807, 2.05) is 26.1 Å². The Bertz CT molecular complexity index is 937. The number of halogens is 3. The van der Waals surface area contributed by atoms with Crippen LogP contribution in [0.2, 0.25) is 10.0 Å². The van der Waals surface area contributed by atoms with Crippen LogP contribution in [-0.4, -0.2) is 15.3 Å². The van der Waals surface area contributed by atoms with Gasteiger partial charge in [0.2, 0.25) is 0 Å². The number of aryl methyl sites for hydroxylation is 2. The molecule has 118 valence electrons. The predicted octanol–water partition coefficient (Wildman–Crippen LogP) is 5.27. The highest BCUT2D eigenvalue weighted by molar-refractivity contribution is 9.10. The van der Waals surface area contributed by atoms with Crippen molar-refractivity contribution < 1.29 is 4.79 Å². The minimum absolute atomic E-state index is 0.258. The molecule has 0 saturated heterocycles. The van der Waals surface area contributed by atoms with Gasteiger partial charge < -0.3 is 5.32 Å². The lowest BCUT2D eigenvalue weighted by molar-refractivity contribution is 0.102. The highest BCUT2D eigenvalue weighted by Gasteiger charge is 2.18. The molecule has 23 heavy (non-hydrogen) atoms. The Morgan fingerprint density at radius 3 is 2.65 bits per heavy atom. The van der Waals surface area contributed by atoms with Crippen molar-refractivity contribution in [3.8, 4) is 0 Å². The monoisotopic (exact) mass is 411 g/mol. The number of aromatic nitrogens is 2. The van der Waals surface area contributed by atoms with E-state index in [-0.39, 0.29) is 5.91 Å². The average Bonchev–Trinajstić information content (AvgIpc) is 2.79. The molecular weight excluding hydrogens is 401 g/mol. The number of hydrogen-bond acceptors (Lipinski definition) is 2. The van der Waals surface area contributed by atoms with Crippen molar-refractivity contribution in [2.24, 2.45) is 0 Å². The zero-order valence-electron chi connectivity index (χ0n) is 12.3. The van der Waals surface area contributed by atoms with Crippen LogP contribution in [0.5, 0.6) is 0 Å². The fourth-order valence-corrected chi connectivity index (χ4v) is 3.27. The highest BCUT2D eigenvalue weighted by atomic mass is 79.9. The molecule has 0 bridgehead atoms. The molecule has 3 rings (SSSR count). The molecule has 0 aliphatic carbocycles. The third-order valence-corrected chi connectivity index (χ3v) is 4.61. The highest BCUT2D eigenvalue weighted by Crippen LogP contribution is 2.26. The summed E-state index contributed by atoms with van der Waals surface area (Å²) in [4.78, 5) is 17.1. The number of rotatable bonds is 2. The number of nitrogens with zero attached hydrogens (tertiary/aromatic N) is 2. The van der Waals surface area contributed by atoms with Crippen LogP contribution in [0.25, 0.3) is 5.65 Å². The van der Waals surface area contributed by atoms with Crippen LogP contribution in [0.1, 0.15) is 21.7 Å². The maximum atomic E-state index is 12.7. The Hall–Kier alpha value is -1.56. The van der Waals surface area contributed by atoms with Crippen molar-refractivity contribution in [1.82, 2.24) is 9.38 Å². The third-order valence-electron chi connectivity index (χ3n) is 3.44. The molecule has 2 heterocycles. The summed E-state index contributed by atoms with van der Waals surface area (Å²) in [7, 11) is 0. The molecule has 0 radical (unpaired) electrons. The molecule has 1 aromatic carbocycles. The molecule has 0 atom stereocenters. The average molecular weight is 413 g/mol. The third kappa shape index (κ3) is 3.09. The number of amides is 1. The maximum absolute atomic E-state index is 12.7. The van der Waals surface area contributed by atoms with Crippen molar-refractivity contribution in [1.29, 1.82) is 0 Å². The van der Waals surface area contributed by atoms with Gasteiger partial charge >= 0.3 is 0 Å². The van der Waals surface area contributed by atoms with Crippen LogP contribution >= 0.6 is 39.1 Å². The second kappa shape index (κ2) is 6.15. The van der Waals surface area contributed by atoms with Gasteiger partial charge in [-0.3, -0.25) is 9.20 Å². The Kier molecular flexibility index (Phi) is 4.36. The van der Waals surface area contributed by atoms with Gasteiger partial charge in [-0.25, -0.2) is 4.98 Å². The fraction of sp³-hybridized carbons (Fsp3) is 0.125. The number of imidazole rings is 1. The zero-order chi connectivity index (χ0) is 16.7. The molecule has 0 unspecified atom stereocenters. The number of fused-ring (bicyclic) bond motifs is 1. The summed E-state index contributed by atoms with van der Waals surface area (Å²) < 4.78 is 2.66. The van der Waals surface area contributed by atoms with Crippen molar-refractivity contribution in [2.75, 3.05) is 5.32 Å². The summed E-state index contributed by atoms with van der Waals surface area (Å²) in [6.45, 7) is 3.76. The van der Waals surface area contributed by atoms with Crippen molar-refractivity contribution >= 4 is 56.4 Å². The molecule has 0 fully saturated rings. The summed E-state index contributed by atoms with van der Waals surface area (Å²) in [5, 5.41) is 3.65. The van der Waals surface area contributed by atoms with Gasteiger partial charge in [0.15, 0.2) is 0 Å². The van der Waals surface area contributed by atoms with E-state index < -0.39 is 0 Å². The summed E-state index contributed by atoms with van der Waals surface area (Å²) in [5.74, 6) is -0.258. The van der Waals surface area contributed by atoms with Gasteiger partial charge in [0, 0.05) is 16.4 Å². The van der Waals surface area contributed by atoms with Gasteiger partial charge in [-0.15, -0.1) is 0 Å². The van der Waals surface area contributed by atoms with E-state index in [9.17, 15) is 4.79 Å². The predicted molar refractivity (Wildman–Crippen MR) is 96.8 cm³/mol. The molecule has 0 aliphatic heterocycles. The molecule has 0 aliphatic rings.